The molecule has 0 amide bonds. The van der Waals surface area contributed by atoms with Crippen LogP contribution < -0.4 is 0 Å². The topological polar surface area (TPSA) is 29.4 Å². The van der Waals surface area contributed by atoms with Crippen LogP contribution in [0.2, 0.25) is 0 Å². The Bertz CT molecular complexity index is 343. The molecule has 0 aromatic carbocycles. The number of nitrogens with zero attached hydrogens (tertiary/aromatic N) is 1. The van der Waals surface area contributed by atoms with Crippen LogP contribution in [0, 0.1) is 0 Å². The van der Waals surface area contributed by atoms with E-state index in [4.69, 9.17) is 34.8 Å². The molecule has 1 heterocycles. The average Bonchev–Trinajstić information content (AvgIpc) is 2.95. The number of ketones is 1. The Morgan fingerprint density at radius 3 is 1.95 bits per heavy atom. The first kappa shape index (κ1) is 22.0. The van der Waals surface area contributed by atoms with Gasteiger partial charge < -0.3 is 0 Å². The lowest BCUT2D eigenvalue weighted by Crippen LogP contribution is -1.98. The van der Waals surface area contributed by atoms with Gasteiger partial charge in [-0.15, -0.1) is 41.4 Å². The van der Waals surface area contributed by atoms with Crippen molar-refractivity contribution in [3.05, 3.63) is 23.9 Å². The van der Waals surface area contributed by atoms with E-state index in [1.54, 1.807) is 0 Å². The third kappa shape index (κ3) is 14.1. The van der Waals surface area contributed by atoms with E-state index < -0.39 is 0 Å². The Hall–Kier alpha value is -0.310. The minimum Gasteiger partial charge on any atom is -0.297 e. The maximum atomic E-state index is 9.92. The number of hydrogen-bond donors (Lipinski definition) is 0. The molecule has 1 rings (SSSR count). The molecule has 5 heteroatoms. The maximum absolute atomic E-state index is 9.92. The summed E-state index contributed by atoms with van der Waals surface area (Å²) in [6.07, 6.45) is 5.27. The molecule has 0 radical (unpaired) electrons. The zero-order chi connectivity index (χ0) is 16.0. The van der Waals surface area contributed by atoms with Crippen LogP contribution in [-0.4, -0.2) is 29.1 Å². The molecule has 1 aliphatic rings. The largest absolute Gasteiger partial charge is 0.297 e. The van der Waals surface area contributed by atoms with E-state index in [1.165, 1.54) is 11.3 Å². The molecule has 0 bridgehead atoms. The summed E-state index contributed by atoms with van der Waals surface area (Å²) in [5.74, 6) is 0.495. The first-order chi connectivity index (χ1) is 9.44. The van der Waals surface area contributed by atoms with E-state index in [1.807, 2.05) is 6.92 Å². The fourth-order valence-electron chi connectivity index (χ4n) is 0.874. The highest BCUT2D eigenvalue weighted by atomic mass is 35.5. The third-order valence-electron chi connectivity index (χ3n) is 2.32. The van der Waals surface area contributed by atoms with Crippen molar-refractivity contribution in [2.75, 3.05) is 17.6 Å². The first-order valence-electron chi connectivity index (χ1n) is 6.54. The SMILES string of the molecule is C=C(C)CC.CCC1=NC(CCl)=CC1.O=C(CCl)CCl. The molecule has 1 aliphatic heterocycles. The number of rotatable bonds is 5. The fourth-order valence-corrected chi connectivity index (χ4v) is 1.33. The predicted molar refractivity (Wildman–Crippen MR) is 92.7 cm³/mol. The van der Waals surface area contributed by atoms with Gasteiger partial charge in [-0.05, 0) is 19.8 Å². The van der Waals surface area contributed by atoms with E-state index in [2.05, 4.69) is 31.5 Å². The van der Waals surface area contributed by atoms with Gasteiger partial charge >= 0.3 is 0 Å². The molecule has 0 spiro atoms. The molecule has 0 aromatic rings. The molecule has 0 unspecified atom stereocenters. The van der Waals surface area contributed by atoms with Gasteiger partial charge in [0, 0.05) is 12.1 Å². The van der Waals surface area contributed by atoms with E-state index in [-0.39, 0.29) is 17.5 Å². The van der Waals surface area contributed by atoms with Crippen molar-refractivity contribution >= 4 is 46.3 Å². The molecule has 0 atom stereocenters. The number of carbonyl (C=O) groups excluding carboxylic acids is 1. The summed E-state index contributed by atoms with van der Waals surface area (Å²) in [5, 5.41) is 0. The van der Waals surface area contributed by atoms with E-state index in [0.717, 1.165) is 25.0 Å². The van der Waals surface area contributed by atoms with Crippen LogP contribution in [0.1, 0.15) is 40.0 Å². The number of carbonyl (C=O) groups is 1. The zero-order valence-corrected chi connectivity index (χ0v) is 14.8. The standard InChI is InChI=1S/C7H10ClN.C5H10.C3H4Cl2O/c1-2-6-3-4-7(5-8)9-6;1-4-5(2)3;4-1-3(6)2-5/h4H,2-3,5H2,1H3;2,4H2,1,3H3;1-2H2. The van der Waals surface area contributed by atoms with Gasteiger partial charge in [0.25, 0.3) is 0 Å². The second-order valence-corrected chi connectivity index (χ2v) is 4.98. The minimum atomic E-state index is -0.127. The molecule has 20 heavy (non-hydrogen) atoms. The first-order valence-corrected chi connectivity index (χ1v) is 8.14. The molecular weight excluding hydrogens is 317 g/mol. The number of aliphatic imine (C=N–C) groups is 1. The van der Waals surface area contributed by atoms with Crippen LogP contribution in [0.25, 0.3) is 0 Å². The summed E-state index contributed by atoms with van der Waals surface area (Å²) >= 11 is 15.6. The number of allylic oxidation sites excluding steroid dienone is 3. The smallest absolute Gasteiger partial charge is 0.162 e. The maximum Gasteiger partial charge on any atom is 0.162 e. The normalized spacial score (nSPS) is 12.3. The van der Waals surface area contributed by atoms with Crippen LogP contribution in [0.5, 0.6) is 0 Å². The average molecular weight is 341 g/mol. The Labute approximate surface area is 137 Å². The van der Waals surface area contributed by atoms with Gasteiger partial charge in [0.2, 0.25) is 0 Å². The Balaban J connectivity index is 0. The summed E-state index contributed by atoms with van der Waals surface area (Å²) in [4.78, 5) is 14.2. The molecule has 0 N–H and O–H groups in total. The molecule has 0 aromatic heterocycles. The fraction of sp³-hybridized carbons (Fsp3) is 0.600. The summed E-state index contributed by atoms with van der Waals surface area (Å²) in [7, 11) is 0. The molecule has 0 aliphatic carbocycles. The van der Waals surface area contributed by atoms with Crippen molar-refractivity contribution < 1.29 is 4.79 Å². The van der Waals surface area contributed by atoms with Gasteiger partial charge in [0.05, 0.1) is 23.3 Å². The van der Waals surface area contributed by atoms with Crippen molar-refractivity contribution in [1.29, 1.82) is 0 Å². The van der Waals surface area contributed by atoms with Crippen molar-refractivity contribution in [3.63, 3.8) is 0 Å². The van der Waals surface area contributed by atoms with Crippen molar-refractivity contribution in [3.8, 4) is 0 Å². The van der Waals surface area contributed by atoms with Gasteiger partial charge in [-0.1, -0.05) is 25.5 Å². The van der Waals surface area contributed by atoms with Gasteiger partial charge in [-0.25, -0.2) is 0 Å². The van der Waals surface area contributed by atoms with Gasteiger partial charge in [-0.2, -0.15) is 0 Å². The molecule has 2 nitrogen and oxygen atoms in total. The van der Waals surface area contributed by atoms with E-state index >= 15 is 0 Å². The lowest BCUT2D eigenvalue weighted by molar-refractivity contribution is -0.114. The van der Waals surface area contributed by atoms with Crippen LogP contribution in [0.15, 0.2) is 28.9 Å². The Kier molecular flexibility index (Phi) is 16.6. The number of hydrogen-bond acceptors (Lipinski definition) is 2. The minimum absolute atomic E-state index is 0.0312. The summed E-state index contributed by atoms with van der Waals surface area (Å²) in [5.41, 5.74) is 3.55. The van der Waals surface area contributed by atoms with Crippen LogP contribution in [-0.2, 0) is 4.79 Å². The zero-order valence-electron chi connectivity index (χ0n) is 12.5. The highest BCUT2D eigenvalue weighted by Crippen LogP contribution is 2.12. The van der Waals surface area contributed by atoms with Crippen LogP contribution in [0.4, 0.5) is 0 Å². The predicted octanol–water partition coefficient (Wildman–Crippen LogP) is 5.37. The van der Waals surface area contributed by atoms with Crippen LogP contribution >= 0.6 is 34.8 Å². The van der Waals surface area contributed by atoms with Gasteiger partial charge in [0.15, 0.2) is 5.78 Å². The summed E-state index contributed by atoms with van der Waals surface area (Å²) in [6.45, 7) is 9.92. The van der Waals surface area contributed by atoms with Crippen molar-refractivity contribution in [1.82, 2.24) is 0 Å². The lowest BCUT2D eigenvalue weighted by Gasteiger charge is -1.89. The van der Waals surface area contributed by atoms with Gasteiger partial charge in [0.1, 0.15) is 0 Å². The highest BCUT2D eigenvalue weighted by Gasteiger charge is 2.03. The second kappa shape index (κ2) is 15.1. The molecule has 116 valence electrons. The molecule has 0 saturated carbocycles. The quantitative estimate of drug-likeness (QED) is 0.488. The summed E-state index contributed by atoms with van der Waals surface area (Å²) in [6, 6.07) is 0. The lowest BCUT2D eigenvalue weighted by atomic mass is 10.2. The van der Waals surface area contributed by atoms with Crippen LogP contribution in [0.3, 0.4) is 0 Å². The van der Waals surface area contributed by atoms with E-state index in [9.17, 15) is 4.79 Å². The Morgan fingerprint density at radius 1 is 1.30 bits per heavy atom. The van der Waals surface area contributed by atoms with Crippen molar-refractivity contribution in [2.45, 2.75) is 40.0 Å². The number of alkyl halides is 3. The molecular formula is C15H24Cl3NO. The Morgan fingerprint density at radius 2 is 1.80 bits per heavy atom. The van der Waals surface area contributed by atoms with Gasteiger partial charge in [-0.3, -0.25) is 9.79 Å². The summed E-state index contributed by atoms with van der Waals surface area (Å²) < 4.78 is 0. The van der Waals surface area contributed by atoms with E-state index in [0.29, 0.717) is 5.88 Å². The molecule has 0 fully saturated rings. The molecule has 0 saturated heterocycles. The number of Topliss-reactive ketones (excluding diaryl/α,β-unsaturated/α-hetero) is 1. The monoisotopic (exact) mass is 339 g/mol. The third-order valence-corrected chi connectivity index (χ3v) is 3.19. The van der Waals surface area contributed by atoms with Crippen molar-refractivity contribution in [2.24, 2.45) is 4.99 Å². The second-order valence-electron chi connectivity index (χ2n) is 4.18. The highest BCUT2D eigenvalue weighted by molar-refractivity contribution is 6.35. The number of halogens is 3.